The van der Waals surface area contributed by atoms with Crippen LogP contribution >= 0.6 is 0 Å². The number of hydrogen-bond acceptors (Lipinski definition) is 3. The summed E-state index contributed by atoms with van der Waals surface area (Å²) < 4.78 is 27.4. The van der Waals surface area contributed by atoms with Crippen molar-refractivity contribution in [3.8, 4) is 0 Å². The molecule has 0 radical (unpaired) electrons. The van der Waals surface area contributed by atoms with E-state index in [4.69, 9.17) is 0 Å². The van der Waals surface area contributed by atoms with E-state index >= 15 is 0 Å². The van der Waals surface area contributed by atoms with Gasteiger partial charge in [-0.2, -0.15) is 0 Å². The van der Waals surface area contributed by atoms with Gasteiger partial charge in [0.05, 0.1) is 10.9 Å². The number of carbonyl (C=O) groups is 1. The number of carbonyl (C=O) groups excluding carboxylic acids is 1. The summed E-state index contributed by atoms with van der Waals surface area (Å²) in [5.74, 6) is 0.229. The Morgan fingerprint density at radius 1 is 0.833 bits per heavy atom. The van der Waals surface area contributed by atoms with Crippen LogP contribution in [0.4, 0.5) is 5.69 Å². The fourth-order valence-electron chi connectivity index (χ4n) is 3.18. The van der Waals surface area contributed by atoms with Crippen LogP contribution in [0.5, 0.6) is 0 Å². The molecule has 0 aliphatic carbocycles. The molecule has 5 nitrogen and oxygen atoms in total. The smallest absolute Gasteiger partial charge is 0.261 e. The minimum absolute atomic E-state index is 0.0880. The molecule has 0 unspecified atom stereocenters. The maximum absolute atomic E-state index is 12.8. The Hall–Kier alpha value is -3.12. The monoisotopic (exact) mass is 422 g/mol. The van der Waals surface area contributed by atoms with Gasteiger partial charge in [0.15, 0.2) is 0 Å². The summed E-state index contributed by atoms with van der Waals surface area (Å²) in [5, 5.41) is 3.10. The molecule has 3 rings (SSSR count). The van der Waals surface area contributed by atoms with Crippen LogP contribution in [0, 0.1) is 5.92 Å². The van der Waals surface area contributed by atoms with Gasteiger partial charge >= 0.3 is 0 Å². The second-order valence-corrected chi connectivity index (χ2v) is 9.24. The van der Waals surface area contributed by atoms with Gasteiger partial charge in [-0.05, 0) is 54.3 Å². The van der Waals surface area contributed by atoms with Gasteiger partial charge in [-0.25, -0.2) is 8.42 Å². The van der Waals surface area contributed by atoms with Crippen LogP contribution in [0.25, 0.3) is 0 Å². The molecule has 156 valence electrons. The van der Waals surface area contributed by atoms with Crippen molar-refractivity contribution in [2.24, 2.45) is 5.92 Å². The fourth-order valence-corrected chi connectivity index (χ4v) is 4.26. The highest BCUT2D eigenvalue weighted by Crippen LogP contribution is 2.22. The Labute approximate surface area is 178 Å². The first-order valence-electron chi connectivity index (χ1n) is 9.89. The zero-order valence-electron chi connectivity index (χ0n) is 17.1. The minimum atomic E-state index is -3.67. The Kier molecular flexibility index (Phi) is 6.90. The van der Waals surface area contributed by atoms with E-state index < -0.39 is 10.0 Å². The van der Waals surface area contributed by atoms with Crippen molar-refractivity contribution in [3.05, 3.63) is 96.1 Å². The molecule has 0 heterocycles. The molecular weight excluding hydrogens is 396 g/mol. The van der Waals surface area contributed by atoms with Gasteiger partial charge in [-0.1, -0.05) is 62.4 Å². The van der Waals surface area contributed by atoms with E-state index in [1.165, 1.54) is 12.1 Å². The Bertz CT molecular complexity index is 1060. The predicted molar refractivity (Wildman–Crippen MR) is 120 cm³/mol. The number of rotatable bonds is 8. The Morgan fingerprint density at radius 2 is 1.40 bits per heavy atom. The van der Waals surface area contributed by atoms with Crippen LogP contribution in [0.3, 0.4) is 0 Å². The van der Waals surface area contributed by atoms with Crippen molar-refractivity contribution >= 4 is 21.6 Å². The summed E-state index contributed by atoms with van der Waals surface area (Å²) in [4.78, 5) is 13.0. The van der Waals surface area contributed by atoms with Crippen LogP contribution in [0.15, 0.2) is 89.8 Å². The molecule has 0 aromatic heterocycles. The van der Waals surface area contributed by atoms with E-state index in [0.717, 1.165) is 12.0 Å². The van der Waals surface area contributed by atoms with Gasteiger partial charge in [-0.15, -0.1) is 0 Å². The second kappa shape index (κ2) is 9.59. The van der Waals surface area contributed by atoms with E-state index in [2.05, 4.69) is 23.9 Å². The molecule has 1 amide bonds. The van der Waals surface area contributed by atoms with Crippen molar-refractivity contribution in [1.82, 2.24) is 5.32 Å². The molecule has 0 fully saturated rings. The molecule has 0 aliphatic rings. The van der Waals surface area contributed by atoms with Gasteiger partial charge in [0, 0.05) is 11.3 Å². The number of nitrogens with one attached hydrogen (secondary N) is 2. The van der Waals surface area contributed by atoms with Crippen molar-refractivity contribution in [1.29, 1.82) is 0 Å². The molecule has 0 aliphatic heterocycles. The lowest BCUT2D eigenvalue weighted by molar-refractivity contribution is 0.0932. The third-order valence-electron chi connectivity index (χ3n) is 4.67. The number of anilines is 1. The van der Waals surface area contributed by atoms with Crippen LogP contribution in [-0.4, -0.2) is 14.3 Å². The largest absolute Gasteiger partial charge is 0.345 e. The quantitative estimate of drug-likeness (QED) is 0.536. The molecule has 2 N–H and O–H groups in total. The highest BCUT2D eigenvalue weighted by atomic mass is 32.2. The maximum atomic E-state index is 12.8. The van der Waals surface area contributed by atoms with Gasteiger partial charge in [0.2, 0.25) is 0 Å². The lowest BCUT2D eigenvalue weighted by Crippen LogP contribution is -2.29. The van der Waals surface area contributed by atoms with E-state index in [1.54, 1.807) is 42.5 Å². The normalized spacial score (nSPS) is 12.4. The summed E-state index contributed by atoms with van der Waals surface area (Å²) in [6.07, 6.45) is 0.824. The maximum Gasteiger partial charge on any atom is 0.261 e. The molecule has 3 aromatic rings. The lowest BCUT2D eigenvalue weighted by Gasteiger charge is -2.21. The van der Waals surface area contributed by atoms with E-state index in [9.17, 15) is 13.2 Å². The van der Waals surface area contributed by atoms with E-state index in [0.29, 0.717) is 17.2 Å². The first-order valence-corrected chi connectivity index (χ1v) is 11.4. The highest BCUT2D eigenvalue weighted by Gasteiger charge is 2.18. The van der Waals surface area contributed by atoms with Gasteiger partial charge in [0.1, 0.15) is 0 Å². The van der Waals surface area contributed by atoms with E-state index in [-0.39, 0.29) is 16.8 Å². The third-order valence-corrected chi connectivity index (χ3v) is 6.06. The van der Waals surface area contributed by atoms with Crippen molar-refractivity contribution < 1.29 is 13.2 Å². The van der Waals surface area contributed by atoms with Crippen LogP contribution < -0.4 is 10.0 Å². The number of sulfonamides is 1. The van der Waals surface area contributed by atoms with Crippen molar-refractivity contribution in [3.63, 3.8) is 0 Å². The topological polar surface area (TPSA) is 75.3 Å². The SMILES string of the molecule is CC(C)C[C@@H](NC(=O)c1ccc(NS(=O)(=O)c2ccccc2)cc1)c1ccccc1. The zero-order chi connectivity index (χ0) is 21.6. The lowest BCUT2D eigenvalue weighted by atomic mass is 9.96. The standard InChI is InChI=1S/C24H26N2O3S/c1-18(2)17-23(19-9-5-3-6-10-19)25-24(27)20-13-15-21(16-14-20)26-30(28,29)22-11-7-4-8-12-22/h3-16,18,23,26H,17H2,1-2H3,(H,25,27)/t23-/m1/s1. The van der Waals surface area contributed by atoms with Crippen LogP contribution in [0.1, 0.15) is 42.2 Å². The number of hydrogen-bond donors (Lipinski definition) is 2. The van der Waals surface area contributed by atoms with Gasteiger partial charge < -0.3 is 5.32 Å². The average Bonchev–Trinajstić information content (AvgIpc) is 2.74. The summed E-state index contributed by atoms with van der Waals surface area (Å²) in [7, 11) is -3.67. The molecule has 1 atom stereocenters. The number of amides is 1. The molecule has 3 aromatic carbocycles. The fraction of sp³-hybridized carbons (Fsp3) is 0.208. The number of benzene rings is 3. The summed E-state index contributed by atoms with van der Waals surface area (Å²) >= 11 is 0. The zero-order valence-corrected chi connectivity index (χ0v) is 17.9. The molecule has 0 saturated carbocycles. The first-order chi connectivity index (χ1) is 14.3. The summed E-state index contributed by atoms with van der Waals surface area (Å²) in [6, 6.07) is 24.4. The molecule has 0 bridgehead atoms. The van der Waals surface area contributed by atoms with Gasteiger partial charge in [0.25, 0.3) is 15.9 Å². The Balaban J connectivity index is 1.71. The molecule has 30 heavy (non-hydrogen) atoms. The van der Waals surface area contributed by atoms with Crippen LogP contribution in [0.2, 0.25) is 0 Å². The molecular formula is C24H26N2O3S. The highest BCUT2D eigenvalue weighted by molar-refractivity contribution is 7.92. The average molecular weight is 423 g/mol. The molecule has 0 spiro atoms. The van der Waals surface area contributed by atoms with Crippen molar-refractivity contribution in [2.75, 3.05) is 4.72 Å². The second-order valence-electron chi connectivity index (χ2n) is 7.56. The predicted octanol–water partition coefficient (Wildman–Crippen LogP) is 5.00. The van der Waals surface area contributed by atoms with E-state index in [1.807, 2.05) is 30.3 Å². The third kappa shape index (κ3) is 5.70. The first kappa shape index (κ1) is 21.6. The molecule has 6 heteroatoms. The summed E-state index contributed by atoms with van der Waals surface area (Å²) in [5.41, 5.74) is 1.94. The van der Waals surface area contributed by atoms with Gasteiger partial charge in [-0.3, -0.25) is 9.52 Å². The minimum Gasteiger partial charge on any atom is -0.345 e. The van der Waals surface area contributed by atoms with Crippen LogP contribution in [-0.2, 0) is 10.0 Å². The Morgan fingerprint density at radius 3 is 1.97 bits per heavy atom. The summed E-state index contributed by atoms with van der Waals surface area (Å²) in [6.45, 7) is 4.24. The van der Waals surface area contributed by atoms with Crippen molar-refractivity contribution in [2.45, 2.75) is 31.2 Å². The molecule has 0 saturated heterocycles.